The van der Waals surface area contributed by atoms with Crippen LogP contribution in [0.3, 0.4) is 0 Å². The van der Waals surface area contributed by atoms with Crippen molar-refractivity contribution >= 4 is 5.91 Å². The predicted molar refractivity (Wildman–Crippen MR) is 96.0 cm³/mol. The zero-order valence-corrected chi connectivity index (χ0v) is 15.7. The Hall–Kier alpha value is -2.28. The highest BCUT2D eigenvalue weighted by Crippen LogP contribution is 2.21. The van der Waals surface area contributed by atoms with Gasteiger partial charge in [0.1, 0.15) is 0 Å². The molecule has 2 aromatic rings. The van der Waals surface area contributed by atoms with Crippen molar-refractivity contribution in [3.8, 4) is 5.95 Å². The van der Waals surface area contributed by atoms with Gasteiger partial charge in [0.2, 0.25) is 0 Å². The van der Waals surface area contributed by atoms with Crippen LogP contribution in [0.2, 0.25) is 0 Å². The second-order valence-corrected chi connectivity index (χ2v) is 6.49. The molecule has 0 aliphatic rings. The van der Waals surface area contributed by atoms with Crippen LogP contribution in [-0.2, 0) is 0 Å². The number of aliphatic hydroxyl groups is 1. The van der Waals surface area contributed by atoms with E-state index < -0.39 is 0 Å². The quantitative estimate of drug-likeness (QED) is 0.832. The van der Waals surface area contributed by atoms with E-state index >= 15 is 0 Å². The van der Waals surface area contributed by atoms with Gasteiger partial charge in [0, 0.05) is 30.7 Å². The molecule has 25 heavy (non-hydrogen) atoms. The topological polar surface area (TPSA) is 84.1 Å². The average Bonchev–Trinajstić information content (AvgIpc) is 2.98. The molecule has 0 unspecified atom stereocenters. The van der Waals surface area contributed by atoms with Gasteiger partial charge in [0.15, 0.2) is 0 Å². The van der Waals surface area contributed by atoms with Crippen LogP contribution in [0.5, 0.6) is 0 Å². The number of aromatic nitrogens is 4. The molecule has 2 rings (SSSR count). The Labute approximate surface area is 148 Å². The van der Waals surface area contributed by atoms with Crippen LogP contribution in [0.1, 0.15) is 60.5 Å². The fraction of sp³-hybridized carbons (Fsp3) is 0.556. The van der Waals surface area contributed by atoms with Gasteiger partial charge >= 0.3 is 0 Å². The third kappa shape index (κ3) is 4.42. The van der Waals surface area contributed by atoms with E-state index in [-0.39, 0.29) is 18.4 Å². The minimum atomic E-state index is -0.116. The molecule has 0 spiro atoms. The number of hydrogen-bond donors (Lipinski definition) is 1. The molecule has 0 saturated carbocycles. The minimum Gasteiger partial charge on any atom is -0.395 e. The van der Waals surface area contributed by atoms with Gasteiger partial charge in [0.05, 0.1) is 17.9 Å². The summed E-state index contributed by atoms with van der Waals surface area (Å²) in [7, 11) is 0. The molecule has 2 heterocycles. The Balaban J connectivity index is 2.47. The van der Waals surface area contributed by atoms with Crippen molar-refractivity contribution < 1.29 is 9.90 Å². The molecule has 1 amide bonds. The number of aliphatic hydroxyl groups excluding tert-OH is 1. The Kier molecular flexibility index (Phi) is 6.25. The molecule has 136 valence electrons. The van der Waals surface area contributed by atoms with E-state index in [1.165, 1.54) is 0 Å². The lowest BCUT2D eigenvalue weighted by atomic mass is 10.1. The molecule has 7 nitrogen and oxygen atoms in total. The summed E-state index contributed by atoms with van der Waals surface area (Å²) >= 11 is 0. The van der Waals surface area contributed by atoms with Crippen LogP contribution in [0.15, 0.2) is 12.3 Å². The van der Waals surface area contributed by atoms with Crippen molar-refractivity contribution in [3.63, 3.8) is 0 Å². The summed E-state index contributed by atoms with van der Waals surface area (Å²) in [6.07, 6.45) is 2.53. The standard InChI is InChI=1S/C18H27N5O2/c1-6-7-22(8-9-24)17(25)15-11-23(21-16(15)12(2)3)18-19-13(4)10-14(5)20-18/h10-12,24H,6-9H2,1-5H3. The first-order valence-corrected chi connectivity index (χ1v) is 8.69. The van der Waals surface area contributed by atoms with Gasteiger partial charge in [-0.3, -0.25) is 4.79 Å². The number of nitrogens with zero attached hydrogens (tertiary/aromatic N) is 5. The van der Waals surface area contributed by atoms with Crippen LogP contribution in [-0.4, -0.2) is 55.4 Å². The fourth-order valence-corrected chi connectivity index (χ4v) is 2.77. The van der Waals surface area contributed by atoms with Crippen LogP contribution in [0, 0.1) is 13.8 Å². The van der Waals surface area contributed by atoms with Crippen molar-refractivity contribution in [2.75, 3.05) is 19.7 Å². The third-order valence-corrected chi connectivity index (χ3v) is 3.85. The first-order chi connectivity index (χ1) is 11.9. The van der Waals surface area contributed by atoms with Crippen LogP contribution in [0.4, 0.5) is 0 Å². The minimum absolute atomic E-state index is 0.0585. The first-order valence-electron chi connectivity index (χ1n) is 8.69. The summed E-state index contributed by atoms with van der Waals surface area (Å²) in [6, 6.07) is 1.90. The molecule has 1 N–H and O–H groups in total. The highest BCUT2D eigenvalue weighted by molar-refractivity contribution is 5.95. The third-order valence-electron chi connectivity index (χ3n) is 3.85. The molecule has 0 bridgehead atoms. The van der Waals surface area contributed by atoms with Gasteiger partial charge in [0.25, 0.3) is 11.9 Å². The highest BCUT2D eigenvalue weighted by Gasteiger charge is 2.24. The lowest BCUT2D eigenvalue weighted by Crippen LogP contribution is -2.34. The van der Waals surface area contributed by atoms with Gasteiger partial charge in [-0.25, -0.2) is 14.6 Å². The highest BCUT2D eigenvalue weighted by atomic mass is 16.3. The number of rotatable bonds is 7. The van der Waals surface area contributed by atoms with Crippen LogP contribution < -0.4 is 0 Å². The molecule has 0 saturated heterocycles. The summed E-state index contributed by atoms with van der Waals surface area (Å²) in [5, 5.41) is 13.8. The van der Waals surface area contributed by atoms with E-state index in [1.54, 1.807) is 15.8 Å². The maximum absolute atomic E-state index is 12.9. The second kappa shape index (κ2) is 8.20. The molecule has 0 aliphatic heterocycles. The Morgan fingerprint density at radius 2 is 1.88 bits per heavy atom. The summed E-state index contributed by atoms with van der Waals surface area (Å²) in [4.78, 5) is 23.5. The van der Waals surface area contributed by atoms with E-state index in [9.17, 15) is 9.90 Å². The second-order valence-electron chi connectivity index (χ2n) is 6.49. The largest absolute Gasteiger partial charge is 0.395 e. The lowest BCUT2D eigenvalue weighted by Gasteiger charge is -2.21. The maximum Gasteiger partial charge on any atom is 0.257 e. The van der Waals surface area contributed by atoms with Gasteiger partial charge in [-0.05, 0) is 32.3 Å². The van der Waals surface area contributed by atoms with E-state index in [0.29, 0.717) is 30.3 Å². The van der Waals surface area contributed by atoms with E-state index in [2.05, 4.69) is 15.1 Å². The molecule has 0 aliphatic carbocycles. The van der Waals surface area contributed by atoms with Crippen molar-refractivity contribution in [2.24, 2.45) is 0 Å². The number of carbonyl (C=O) groups excluding carboxylic acids is 1. The number of aryl methyl sites for hydroxylation is 2. The lowest BCUT2D eigenvalue weighted by molar-refractivity contribution is 0.0720. The van der Waals surface area contributed by atoms with Crippen molar-refractivity contribution in [2.45, 2.75) is 47.0 Å². The zero-order valence-electron chi connectivity index (χ0n) is 15.7. The van der Waals surface area contributed by atoms with Gasteiger partial charge < -0.3 is 10.0 Å². The van der Waals surface area contributed by atoms with E-state index in [0.717, 1.165) is 17.8 Å². The van der Waals surface area contributed by atoms with Crippen molar-refractivity contribution in [1.29, 1.82) is 0 Å². The Morgan fingerprint density at radius 3 is 2.40 bits per heavy atom. The average molecular weight is 345 g/mol. The predicted octanol–water partition coefficient (Wildman–Crippen LogP) is 2.25. The first kappa shape index (κ1) is 19.1. The smallest absolute Gasteiger partial charge is 0.257 e. The summed E-state index contributed by atoms with van der Waals surface area (Å²) < 4.78 is 1.58. The number of carbonyl (C=O) groups is 1. The van der Waals surface area contributed by atoms with Gasteiger partial charge in [-0.1, -0.05) is 20.8 Å². The van der Waals surface area contributed by atoms with Gasteiger partial charge in [-0.2, -0.15) is 5.10 Å². The monoisotopic (exact) mass is 345 g/mol. The number of hydrogen-bond acceptors (Lipinski definition) is 5. The SMILES string of the molecule is CCCN(CCO)C(=O)c1cn(-c2nc(C)cc(C)n2)nc1C(C)C. The molecule has 0 radical (unpaired) electrons. The summed E-state index contributed by atoms with van der Waals surface area (Å²) in [5.74, 6) is 0.432. The zero-order chi connectivity index (χ0) is 18.6. The maximum atomic E-state index is 12.9. The Morgan fingerprint density at radius 1 is 1.24 bits per heavy atom. The molecule has 0 aromatic carbocycles. The fourth-order valence-electron chi connectivity index (χ4n) is 2.77. The summed E-state index contributed by atoms with van der Waals surface area (Å²) in [5.41, 5.74) is 2.96. The Bertz CT molecular complexity index is 713. The number of amides is 1. The molecular formula is C18H27N5O2. The normalized spacial score (nSPS) is 11.2. The van der Waals surface area contributed by atoms with E-state index in [1.807, 2.05) is 40.7 Å². The molecule has 0 atom stereocenters. The van der Waals surface area contributed by atoms with Crippen LogP contribution in [0.25, 0.3) is 5.95 Å². The summed E-state index contributed by atoms with van der Waals surface area (Å²) in [6.45, 7) is 10.7. The molecule has 0 fully saturated rings. The van der Waals surface area contributed by atoms with E-state index in [4.69, 9.17) is 0 Å². The van der Waals surface area contributed by atoms with Gasteiger partial charge in [-0.15, -0.1) is 0 Å². The molecule has 7 heteroatoms. The van der Waals surface area contributed by atoms with Crippen molar-refractivity contribution in [1.82, 2.24) is 24.6 Å². The molecular weight excluding hydrogens is 318 g/mol. The van der Waals surface area contributed by atoms with Crippen molar-refractivity contribution in [3.05, 3.63) is 34.9 Å². The van der Waals surface area contributed by atoms with Crippen LogP contribution >= 0.6 is 0 Å². The molecule has 2 aromatic heterocycles.